The molecule has 0 radical (unpaired) electrons. The highest BCUT2D eigenvalue weighted by molar-refractivity contribution is 5.68. The highest BCUT2D eigenvalue weighted by atomic mass is 19.2. The van der Waals surface area contributed by atoms with Crippen LogP contribution in [0, 0.1) is 18.6 Å². The third kappa shape index (κ3) is 2.99. The minimum Gasteiger partial charge on any atom is -0.313 e. The second kappa shape index (κ2) is 5.93. The highest BCUT2D eigenvalue weighted by Crippen LogP contribution is 2.28. The van der Waals surface area contributed by atoms with E-state index in [4.69, 9.17) is 0 Å². The lowest BCUT2D eigenvalue weighted by atomic mass is 9.97. The summed E-state index contributed by atoms with van der Waals surface area (Å²) in [6, 6.07) is 10.1. The molecule has 2 aromatic carbocycles. The molecule has 0 heterocycles. The SMILES string of the molecule is CCNCc1ccc(C)c(-c2cccc(F)c2F)c1. The number of rotatable bonds is 4. The minimum absolute atomic E-state index is 0.316. The highest BCUT2D eigenvalue weighted by Gasteiger charge is 2.12. The van der Waals surface area contributed by atoms with Gasteiger partial charge >= 0.3 is 0 Å². The van der Waals surface area contributed by atoms with Crippen LogP contribution in [0.1, 0.15) is 18.1 Å². The van der Waals surface area contributed by atoms with Gasteiger partial charge in [0, 0.05) is 12.1 Å². The van der Waals surface area contributed by atoms with Gasteiger partial charge in [-0.15, -0.1) is 0 Å². The summed E-state index contributed by atoms with van der Waals surface area (Å²) in [6.07, 6.45) is 0. The molecule has 0 fully saturated rings. The van der Waals surface area contributed by atoms with Crippen molar-refractivity contribution in [3.63, 3.8) is 0 Å². The predicted octanol–water partition coefficient (Wildman–Crippen LogP) is 4.05. The fourth-order valence-corrected chi connectivity index (χ4v) is 2.05. The average molecular weight is 261 g/mol. The van der Waals surface area contributed by atoms with Crippen LogP contribution in [0.15, 0.2) is 36.4 Å². The first-order valence-corrected chi connectivity index (χ1v) is 6.38. The third-order valence-corrected chi connectivity index (χ3v) is 3.12. The molecule has 1 nitrogen and oxygen atoms in total. The Morgan fingerprint density at radius 3 is 2.58 bits per heavy atom. The van der Waals surface area contributed by atoms with Gasteiger partial charge < -0.3 is 5.32 Å². The van der Waals surface area contributed by atoms with Crippen molar-refractivity contribution in [2.24, 2.45) is 0 Å². The third-order valence-electron chi connectivity index (χ3n) is 3.12. The molecule has 19 heavy (non-hydrogen) atoms. The van der Waals surface area contributed by atoms with Crippen molar-refractivity contribution in [1.29, 1.82) is 0 Å². The molecule has 1 N–H and O–H groups in total. The predicted molar refractivity (Wildman–Crippen MR) is 73.9 cm³/mol. The van der Waals surface area contributed by atoms with Gasteiger partial charge in [0.05, 0.1) is 0 Å². The van der Waals surface area contributed by atoms with Gasteiger partial charge in [0.25, 0.3) is 0 Å². The zero-order chi connectivity index (χ0) is 13.8. The quantitative estimate of drug-likeness (QED) is 0.875. The Balaban J connectivity index is 2.45. The first kappa shape index (κ1) is 13.7. The maximum atomic E-state index is 13.9. The van der Waals surface area contributed by atoms with Gasteiger partial charge in [0.2, 0.25) is 0 Å². The Morgan fingerprint density at radius 1 is 1.05 bits per heavy atom. The molecule has 2 aromatic rings. The largest absolute Gasteiger partial charge is 0.313 e. The molecule has 0 saturated heterocycles. The smallest absolute Gasteiger partial charge is 0.166 e. The van der Waals surface area contributed by atoms with Crippen LogP contribution in [-0.2, 0) is 6.54 Å². The van der Waals surface area contributed by atoms with Crippen molar-refractivity contribution in [2.75, 3.05) is 6.54 Å². The number of hydrogen-bond donors (Lipinski definition) is 1. The standard InChI is InChI=1S/C16H17F2N/c1-3-19-10-12-8-7-11(2)14(9-12)13-5-4-6-15(17)16(13)18/h4-9,19H,3,10H2,1-2H3. The Labute approximate surface area is 112 Å². The van der Waals surface area contributed by atoms with Crippen molar-refractivity contribution < 1.29 is 8.78 Å². The summed E-state index contributed by atoms with van der Waals surface area (Å²) in [7, 11) is 0. The molecule has 0 aliphatic heterocycles. The van der Waals surface area contributed by atoms with Crippen LogP contribution in [0.2, 0.25) is 0 Å². The number of hydrogen-bond acceptors (Lipinski definition) is 1. The Morgan fingerprint density at radius 2 is 1.84 bits per heavy atom. The van der Waals surface area contributed by atoms with Gasteiger partial charge in [-0.2, -0.15) is 0 Å². The van der Waals surface area contributed by atoms with E-state index in [1.54, 1.807) is 6.07 Å². The van der Waals surface area contributed by atoms with E-state index in [1.807, 2.05) is 32.0 Å². The normalized spacial score (nSPS) is 10.7. The average Bonchev–Trinajstić information content (AvgIpc) is 2.41. The van der Waals surface area contributed by atoms with Crippen LogP contribution in [0.5, 0.6) is 0 Å². The maximum Gasteiger partial charge on any atom is 0.166 e. The van der Waals surface area contributed by atoms with Crippen LogP contribution in [0.4, 0.5) is 8.78 Å². The number of benzene rings is 2. The zero-order valence-electron chi connectivity index (χ0n) is 11.1. The minimum atomic E-state index is -0.811. The lowest BCUT2D eigenvalue weighted by Crippen LogP contribution is -2.11. The lowest BCUT2D eigenvalue weighted by Gasteiger charge is -2.11. The monoisotopic (exact) mass is 261 g/mol. The van der Waals surface area contributed by atoms with E-state index in [0.29, 0.717) is 5.56 Å². The Kier molecular flexibility index (Phi) is 4.27. The van der Waals surface area contributed by atoms with E-state index in [-0.39, 0.29) is 0 Å². The molecule has 0 saturated carbocycles. The second-order valence-corrected chi connectivity index (χ2v) is 4.53. The molecule has 0 unspecified atom stereocenters. The molecular weight excluding hydrogens is 244 g/mol. The van der Waals surface area contributed by atoms with E-state index < -0.39 is 11.6 Å². The first-order chi connectivity index (χ1) is 9.13. The first-order valence-electron chi connectivity index (χ1n) is 6.38. The summed E-state index contributed by atoms with van der Waals surface area (Å²) in [5, 5.41) is 3.22. The molecule has 2 rings (SSSR count). The van der Waals surface area contributed by atoms with Gasteiger partial charge in [-0.25, -0.2) is 8.78 Å². The fourth-order valence-electron chi connectivity index (χ4n) is 2.05. The van der Waals surface area contributed by atoms with Crippen LogP contribution in [-0.4, -0.2) is 6.54 Å². The van der Waals surface area contributed by atoms with Gasteiger partial charge in [0.15, 0.2) is 11.6 Å². The van der Waals surface area contributed by atoms with E-state index in [1.165, 1.54) is 6.07 Å². The van der Waals surface area contributed by atoms with Crippen molar-refractivity contribution in [3.05, 3.63) is 59.2 Å². The van der Waals surface area contributed by atoms with Gasteiger partial charge in [-0.1, -0.05) is 31.2 Å². The van der Waals surface area contributed by atoms with Crippen molar-refractivity contribution >= 4 is 0 Å². The maximum absolute atomic E-state index is 13.9. The summed E-state index contributed by atoms with van der Waals surface area (Å²) in [5.41, 5.74) is 3.05. The van der Waals surface area contributed by atoms with Crippen molar-refractivity contribution in [3.8, 4) is 11.1 Å². The number of halogens is 2. The molecule has 3 heteroatoms. The van der Waals surface area contributed by atoms with Crippen LogP contribution in [0.25, 0.3) is 11.1 Å². The molecule has 0 amide bonds. The van der Waals surface area contributed by atoms with E-state index in [2.05, 4.69) is 5.32 Å². The summed E-state index contributed by atoms with van der Waals surface area (Å²) in [5.74, 6) is -1.60. The summed E-state index contributed by atoms with van der Waals surface area (Å²) in [6.45, 7) is 5.52. The van der Waals surface area contributed by atoms with E-state index in [0.717, 1.165) is 35.8 Å². The van der Waals surface area contributed by atoms with Crippen LogP contribution >= 0.6 is 0 Å². The van der Waals surface area contributed by atoms with Crippen molar-refractivity contribution in [1.82, 2.24) is 5.32 Å². The molecule has 0 atom stereocenters. The molecule has 0 aliphatic carbocycles. The molecule has 0 bridgehead atoms. The molecule has 0 aromatic heterocycles. The molecular formula is C16H17F2N. The summed E-state index contributed by atoms with van der Waals surface area (Å²) >= 11 is 0. The zero-order valence-corrected chi connectivity index (χ0v) is 11.1. The lowest BCUT2D eigenvalue weighted by molar-refractivity contribution is 0.511. The Bertz CT molecular complexity index is 579. The second-order valence-electron chi connectivity index (χ2n) is 4.53. The van der Waals surface area contributed by atoms with Crippen molar-refractivity contribution in [2.45, 2.75) is 20.4 Å². The topological polar surface area (TPSA) is 12.0 Å². The van der Waals surface area contributed by atoms with Gasteiger partial charge in [0.1, 0.15) is 0 Å². The molecule has 0 spiro atoms. The van der Waals surface area contributed by atoms with Crippen LogP contribution < -0.4 is 5.32 Å². The Hall–Kier alpha value is -1.74. The van der Waals surface area contributed by atoms with E-state index >= 15 is 0 Å². The number of aryl methyl sites for hydroxylation is 1. The van der Waals surface area contributed by atoms with Gasteiger partial charge in [-0.05, 0) is 42.3 Å². The molecule has 0 aliphatic rings. The van der Waals surface area contributed by atoms with E-state index in [9.17, 15) is 8.78 Å². The fraction of sp³-hybridized carbons (Fsp3) is 0.250. The van der Waals surface area contributed by atoms with Crippen LogP contribution in [0.3, 0.4) is 0 Å². The summed E-state index contributed by atoms with van der Waals surface area (Å²) in [4.78, 5) is 0. The number of nitrogens with one attached hydrogen (secondary N) is 1. The van der Waals surface area contributed by atoms with Gasteiger partial charge in [-0.3, -0.25) is 0 Å². The molecule has 100 valence electrons. The summed E-state index contributed by atoms with van der Waals surface area (Å²) < 4.78 is 27.2.